The van der Waals surface area contributed by atoms with Gasteiger partial charge in [0.2, 0.25) is 0 Å². The van der Waals surface area contributed by atoms with E-state index in [1.807, 2.05) is 4.90 Å². The molecule has 0 bridgehead atoms. The third-order valence-electron chi connectivity index (χ3n) is 4.63. The summed E-state index contributed by atoms with van der Waals surface area (Å²) in [5.74, 6) is 0.990. The van der Waals surface area contributed by atoms with Crippen molar-refractivity contribution in [3.63, 3.8) is 0 Å². The monoisotopic (exact) mass is 478 g/mol. The van der Waals surface area contributed by atoms with Gasteiger partial charge in [-0.1, -0.05) is 13.8 Å². The summed E-state index contributed by atoms with van der Waals surface area (Å²) in [6.45, 7) is 10.1. The number of halogens is 2. The lowest BCUT2D eigenvalue weighted by atomic mass is 10.3. The Morgan fingerprint density at radius 3 is 2.85 bits per heavy atom. The van der Waals surface area contributed by atoms with Crippen molar-refractivity contribution in [2.24, 2.45) is 4.99 Å². The lowest BCUT2D eigenvalue weighted by Crippen LogP contribution is -2.45. The van der Waals surface area contributed by atoms with Crippen LogP contribution in [0.1, 0.15) is 26.7 Å². The van der Waals surface area contributed by atoms with Crippen molar-refractivity contribution in [2.75, 3.05) is 51.2 Å². The zero-order valence-corrected chi connectivity index (χ0v) is 18.4. The summed E-state index contributed by atoms with van der Waals surface area (Å²) in [4.78, 5) is 12.9. The molecule has 1 unspecified atom stereocenters. The molecule has 2 N–H and O–H groups in total. The van der Waals surface area contributed by atoms with Crippen LogP contribution in [0.4, 0.5) is 10.2 Å². The lowest BCUT2D eigenvalue weighted by Gasteiger charge is -2.21. The van der Waals surface area contributed by atoms with Gasteiger partial charge < -0.3 is 20.4 Å². The Morgan fingerprint density at radius 2 is 2.19 bits per heavy atom. The molecule has 26 heavy (non-hydrogen) atoms. The standard InChI is InChI=1S/C18H31FN6.HI/c1-4-24(5-2)12-7-11-22-18(20-3)23-15-9-13-25(14-15)17-16(19)8-6-10-21-17;/h6,8,10,15H,4-5,7,9,11-14H2,1-3H3,(H2,20,22,23);1H. The summed E-state index contributed by atoms with van der Waals surface area (Å²) in [5, 5.41) is 6.80. The summed E-state index contributed by atoms with van der Waals surface area (Å²) in [6, 6.07) is 3.32. The molecule has 1 saturated heterocycles. The van der Waals surface area contributed by atoms with Gasteiger partial charge in [0, 0.05) is 38.9 Å². The van der Waals surface area contributed by atoms with Crippen molar-refractivity contribution < 1.29 is 4.39 Å². The highest BCUT2D eigenvalue weighted by Gasteiger charge is 2.25. The van der Waals surface area contributed by atoms with Crippen molar-refractivity contribution in [1.82, 2.24) is 20.5 Å². The summed E-state index contributed by atoms with van der Waals surface area (Å²) >= 11 is 0. The molecular formula is C18H32FIN6. The van der Waals surface area contributed by atoms with Crippen molar-refractivity contribution in [2.45, 2.75) is 32.7 Å². The molecule has 1 aliphatic heterocycles. The molecule has 1 aromatic rings. The Labute approximate surface area is 173 Å². The van der Waals surface area contributed by atoms with Crippen LogP contribution in [0.2, 0.25) is 0 Å². The van der Waals surface area contributed by atoms with Crippen LogP contribution in [0, 0.1) is 5.82 Å². The van der Waals surface area contributed by atoms with E-state index in [0.29, 0.717) is 5.82 Å². The van der Waals surface area contributed by atoms with E-state index in [0.717, 1.165) is 58.1 Å². The molecule has 1 atom stereocenters. The first-order valence-corrected chi connectivity index (χ1v) is 9.22. The molecule has 2 heterocycles. The van der Waals surface area contributed by atoms with Gasteiger partial charge in [-0.15, -0.1) is 24.0 Å². The zero-order valence-electron chi connectivity index (χ0n) is 16.0. The first kappa shape index (κ1) is 22.9. The van der Waals surface area contributed by atoms with Crippen LogP contribution in [-0.4, -0.2) is 68.2 Å². The van der Waals surface area contributed by atoms with E-state index in [1.54, 1.807) is 19.3 Å². The van der Waals surface area contributed by atoms with Crippen molar-refractivity contribution in [3.05, 3.63) is 24.1 Å². The van der Waals surface area contributed by atoms with E-state index in [9.17, 15) is 4.39 Å². The minimum absolute atomic E-state index is 0. The quantitative estimate of drug-likeness (QED) is 0.260. The molecule has 0 saturated carbocycles. The van der Waals surface area contributed by atoms with E-state index in [1.165, 1.54) is 6.07 Å². The third kappa shape index (κ3) is 6.86. The van der Waals surface area contributed by atoms with Crippen molar-refractivity contribution >= 4 is 35.8 Å². The van der Waals surface area contributed by atoms with Crippen LogP contribution < -0.4 is 15.5 Å². The average molecular weight is 478 g/mol. The summed E-state index contributed by atoms with van der Waals surface area (Å²) in [5.41, 5.74) is 0. The maximum atomic E-state index is 13.9. The lowest BCUT2D eigenvalue weighted by molar-refractivity contribution is 0.300. The number of guanidine groups is 1. The molecular weight excluding hydrogens is 446 g/mol. The second-order valence-corrected chi connectivity index (χ2v) is 6.26. The fraction of sp³-hybridized carbons (Fsp3) is 0.667. The fourth-order valence-corrected chi connectivity index (χ4v) is 3.12. The van der Waals surface area contributed by atoms with Gasteiger partial charge in [0.25, 0.3) is 0 Å². The second-order valence-electron chi connectivity index (χ2n) is 6.26. The van der Waals surface area contributed by atoms with Crippen LogP contribution in [0.15, 0.2) is 23.3 Å². The highest BCUT2D eigenvalue weighted by Crippen LogP contribution is 2.20. The molecule has 0 aromatic carbocycles. The average Bonchev–Trinajstić information content (AvgIpc) is 3.09. The van der Waals surface area contributed by atoms with Gasteiger partial charge in [-0.2, -0.15) is 0 Å². The molecule has 148 valence electrons. The maximum absolute atomic E-state index is 13.9. The van der Waals surface area contributed by atoms with Gasteiger partial charge in [0.1, 0.15) is 0 Å². The highest BCUT2D eigenvalue weighted by molar-refractivity contribution is 14.0. The largest absolute Gasteiger partial charge is 0.356 e. The highest BCUT2D eigenvalue weighted by atomic mass is 127. The van der Waals surface area contributed by atoms with Gasteiger partial charge >= 0.3 is 0 Å². The van der Waals surface area contributed by atoms with Crippen LogP contribution >= 0.6 is 24.0 Å². The van der Waals surface area contributed by atoms with Gasteiger partial charge in [-0.3, -0.25) is 4.99 Å². The van der Waals surface area contributed by atoms with Gasteiger partial charge in [-0.05, 0) is 44.6 Å². The number of aliphatic imine (C=N–C) groups is 1. The molecule has 6 nitrogen and oxygen atoms in total. The van der Waals surface area contributed by atoms with Crippen LogP contribution in [0.5, 0.6) is 0 Å². The van der Waals surface area contributed by atoms with E-state index in [4.69, 9.17) is 0 Å². The van der Waals surface area contributed by atoms with Gasteiger partial charge in [0.05, 0.1) is 0 Å². The minimum atomic E-state index is -0.262. The zero-order chi connectivity index (χ0) is 18.1. The van der Waals surface area contributed by atoms with Crippen LogP contribution in [0.25, 0.3) is 0 Å². The van der Waals surface area contributed by atoms with Crippen LogP contribution in [-0.2, 0) is 0 Å². The molecule has 0 amide bonds. The topological polar surface area (TPSA) is 55.8 Å². The minimum Gasteiger partial charge on any atom is -0.356 e. The van der Waals surface area contributed by atoms with E-state index in [-0.39, 0.29) is 35.8 Å². The summed E-state index contributed by atoms with van der Waals surface area (Å²) in [7, 11) is 1.78. The number of nitrogens with one attached hydrogen (secondary N) is 2. The number of nitrogens with zero attached hydrogens (tertiary/aromatic N) is 4. The fourth-order valence-electron chi connectivity index (χ4n) is 3.12. The van der Waals surface area contributed by atoms with E-state index >= 15 is 0 Å². The Kier molecular flexibility index (Phi) is 10.8. The maximum Gasteiger partial charge on any atom is 0.191 e. The smallest absolute Gasteiger partial charge is 0.191 e. The van der Waals surface area contributed by atoms with Crippen molar-refractivity contribution in [3.8, 4) is 0 Å². The number of aromatic nitrogens is 1. The molecule has 1 aliphatic rings. The number of rotatable bonds is 8. The van der Waals surface area contributed by atoms with E-state index < -0.39 is 0 Å². The van der Waals surface area contributed by atoms with Crippen LogP contribution in [0.3, 0.4) is 0 Å². The number of pyridine rings is 1. The molecule has 1 aromatic heterocycles. The first-order chi connectivity index (χ1) is 12.2. The Morgan fingerprint density at radius 1 is 1.42 bits per heavy atom. The SMILES string of the molecule is CCN(CC)CCCNC(=NC)NC1CCN(c2ncccc2F)C1.I. The number of anilines is 1. The first-order valence-electron chi connectivity index (χ1n) is 9.22. The van der Waals surface area contributed by atoms with Crippen molar-refractivity contribution in [1.29, 1.82) is 0 Å². The van der Waals surface area contributed by atoms with Gasteiger partial charge in [-0.25, -0.2) is 9.37 Å². The van der Waals surface area contributed by atoms with E-state index in [2.05, 4.69) is 39.4 Å². The Bertz CT molecular complexity index is 552. The molecule has 1 fully saturated rings. The predicted octanol–water partition coefficient (Wildman–Crippen LogP) is 2.31. The second kappa shape index (κ2) is 12.3. The number of hydrogen-bond donors (Lipinski definition) is 2. The Hall–Kier alpha value is -1.16. The molecule has 8 heteroatoms. The summed E-state index contributed by atoms with van der Waals surface area (Å²) < 4.78 is 13.9. The third-order valence-corrected chi connectivity index (χ3v) is 4.63. The Balaban J connectivity index is 0.00000338. The van der Waals surface area contributed by atoms with Gasteiger partial charge in [0.15, 0.2) is 17.6 Å². The molecule has 2 rings (SSSR count). The predicted molar refractivity (Wildman–Crippen MR) is 117 cm³/mol. The summed E-state index contributed by atoms with van der Waals surface area (Å²) in [6.07, 6.45) is 3.66. The normalized spacial score (nSPS) is 17.3. The molecule has 0 aliphatic carbocycles. The molecule has 0 radical (unpaired) electrons. The number of hydrogen-bond acceptors (Lipinski definition) is 4. The molecule has 0 spiro atoms.